The van der Waals surface area contributed by atoms with E-state index >= 15 is 0 Å². The van der Waals surface area contributed by atoms with Crippen LogP contribution in [-0.2, 0) is 11.2 Å². The zero-order valence-corrected chi connectivity index (χ0v) is 17.3. The summed E-state index contributed by atoms with van der Waals surface area (Å²) in [5, 5.41) is 0. The molecule has 0 saturated carbocycles. The van der Waals surface area contributed by atoms with E-state index in [-0.39, 0.29) is 0 Å². The molecule has 26 heavy (non-hydrogen) atoms. The molecule has 0 atom stereocenters. The third kappa shape index (κ3) is 8.22. The SMILES string of the molecule is CC.CCCN1CCN(C(=O)CCCCOc2ccc(CC)cc2)CC1. The van der Waals surface area contributed by atoms with E-state index in [9.17, 15) is 4.79 Å². The molecule has 0 unspecified atom stereocenters. The van der Waals surface area contributed by atoms with E-state index < -0.39 is 0 Å². The zero-order valence-electron chi connectivity index (χ0n) is 17.3. The summed E-state index contributed by atoms with van der Waals surface area (Å²) in [7, 11) is 0. The van der Waals surface area contributed by atoms with Crippen molar-refractivity contribution >= 4 is 5.91 Å². The third-order valence-corrected chi connectivity index (χ3v) is 4.65. The molecule has 1 aromatic rings. The molecule has 0 aromatic heterocycles. The van der Waals surface area contributed by atoms with Crippen molar-refractivity contribution in [3.63, 3.8) is 0 Å². The number of amides is 1. The van der Waals surface area contributed by atoms with Crippen LogP contribution in [0.1, 0.15) is 58.9 Å². The van der Waals surface area contributed by atoms with Crippen LogP contribution in [-0.4, -0.2) is 55.0 Å². The maximum absolute atomic E-state index is 12.2. The number of nitrogens with zero attached hydrogens (tertiary/aromatic N) is 2. The Bertz CT molecular complexity index is 479. The Morgan fingerprint density at radius 2 is 1.65 bits per heavy atom. The Hall–Kier alpha value is -1.55. The number of piperazine rings is 1. The summed E-state index contributed by atoms with van der Waals surface area (Å²) < 4.78 is 5.74. The second-order valence-corrected chi connectivity index (χ2v) is 6.53. The summed E-state index contributed by atoms with van der Waals surface area (Å²) in [6, 6.07) is 8.27. The molecule has 0 bridgehead atoms. The van der Waals surface area contributed by atoms with Gasteiger partial charge in [-0.3, -0.25) is 9.69 Å². The first kappa shape index (κ1) is 22.5. The highest BCUT2D eigenvalue weighted by Gasteiger charge is 2.19. The minimum absolute atomic E-state index is 0.304. The van der Waals surface area contributed by atoms with Gasteiger partial charge in [0.15, 0.2) is 0 Å². The summed E-state index contributed by atoms with van der Waals surface area (Å²) in [5.41, 5.74) is 1.33. The van der Waals surface area contributed by atoms with Crippen LogP contribution in [0.4, 0.5) is 0 Å². The van der Waals surface area contributed by atoms with Gasteiger partial charge in [-0.15, -0.1) is 0 Å². The van der Waals surface area contributed by atoms with E-state index in [0.717, 1.165) is 57.7 Å². The molecule has 2 rings (SSSR count). The first-order chi connectivity index (χ1) is 12.7. The average molecular weight is 363 g/mol. The number of rotatable bonds is 9. The highest BCUT2D eigenvalue weighted by Crippen LogP contribution is 2.13. The predicted octanol–water partition coefficient (Wildman–Crippen LogP) is 4.38. The van der Waals surface area contributed by atoms with Crippen molar-refractivity contribution in [2.45, 2.75) is 59.8 Å². The maximum atomic E-state index is 12.2. The molecule has 1 aliphatic rings. The van der Waals surface area contributed by atoms with Gasteiger partial charge in [-0.25, -0.2) is 0 Å². The molecule has 148 valence electrons. The lowest BCUT2D eigenvalue weighted by molar-refractivity contribution is -0.133. The molecule has 0 N–H and O–H groups in total. The van der Waals surface area contributed by atoms with Gasteiger partial charge < -0.3 is 9.64 Å². The normalized spacial score (nSPS) is 14.5. The van der Waals surface area contributed by atoms with Crippen LogP contribution < -0.4 is 4.74 Å². The quantitative estimate of drug-likeness (QED) is 0.611. The second kappa shape index (κ2) is 13.6. The molecule has 1 amide bonds. The lowest BCUT2D eigenvalue weighted by Gasteiger charge is -2.34. The van der Waals surface area contributed by atoms with E-state index in [0.29, 0.717) is 18.9 Å². The van der Waals surface area contributed by atoms with Crippen LogP contribution in [0.2, 0.25) is 0 Å². The lowest BCUT2D eigenvalue weighted by atomic mass is 10.2. The second-order valence-electron chi connectivity index (χ2n) is 6.53. The van der Waals surface area contributed by atoms with Gasteiger partial charge in [-0.1, -0.05) is 39.8 Å². The minimum atomic E-state index is 0.304. The van der Waals surface area contributed by atoms with Gasteiger partial charge in [0.05, 0.1) is 6.61 Å². The van der Waals surface area contributed by atoms with Gasteiger partial charge in [0, 0.05) is 32.6 Å². The van der Waals surface area contributed by atoms with E-state index in [1.807, 2.05) is 30.9 Å². The number of unbranched alkanes of at least 4 members (excludes halogenated alkanes) is 1. The molecular formula is C22H38N2O2. The van der Waals surface area contributed by atoms with Crippen LogP contribution in [0.15, 0.2) is 24.3 Å². The molecule has 1 heterocycles. The highest BCUT2D eigenvalue weighted by molar-refractivity contribution is 5.76. The number of hydrogen-bond acceptors (Lipinski definition) is 3. The zero-order chi connectivity index (χ0) is 19.2. The monoisotopic (exact) mass is 362 g/mol. The lowest BCUT2D eigenvalue weighted by Crippen LogP contribution is -2.48. The fraction of sp³-hybridized carbons (Fsp3) is 0.682. The van der Waals surface area contributed by atoms with Crippen LogP contribution in [0, 0.1) is 0 Å². The van der Waals surface area contributed by atoms with Crippen LogP contribution in [0.3, 0.4) is 0 Å². The van der Waals surface area contributed by atoms with Gasteiger partial charge in [0.1, 0.15) is 5.75 Å². The molecule has 1 aromatic carbocycles. The predicted molar refractivity (Wildman–Crippen MR) is 110 cm³/mol. The summed E-state index contributed by atoms with van der Waals surface area (Å²) in [5.74, 6) is 1.23. The first-order valence-corrected chi connectivity index (χ1v) is 10.4. The number of ether oxygens (including phenoxy) is 1. The number of aryl methyl sites for hydroxylation is 1. The Kier molecular flexibility index (Phi) is 11.8. The average Bonchev–Trinajstić information content (AvgIpc) is 2.70. The smallest absolute Gasteiger partial charge is 0.222 e. The van der Waals surface area contributed by atoms with E-state index in [1.54, 1.807) is 0 Å². The summed E-state index contributed by atoms with van der Waals surface area (Å²) in [6.45, 7) is 14.0. The Morgan fingerprint density at radius 1 is 1.00 bits per heavy atom. The van der Waals surface area contributed by atoms with Crippen molar-refractivity contribution in [1.82, 2.24) is 9.80 Å². The van der Waals surface area contributed by atoms with Gasteiger partial charge in [0.2, 0.25) is 5.91 Å². The fourth-order valence-electron chi connectivity index (χ4n) is 3.08. The molecule has 0 spiro atoms. The van der Waals surface area contributed by atoms with Crippen LogP contribution in [0.25, 0.3) is 0 Å². The number of benzene rings is 1. The standard InChI is InChI=1S/C20H32N2O2.C2H6/c1-3-12-21-13-15-22(16-14-21)20(23)7-5-6-17-24-19-10-8-18(4-2)9-11-19;1-2/h8-11H,3-7,12-17H2,1-2H3;1-2H3. The summed E-state index contributed by atoms with van der Waals surface area (Å²) in [4.78, 5) is 16.7. The Balaban J connectivity index is 0.00000163. The number of hydrogen-bond donors (Lipinski definition) is 0. The molecule has 1 saturated heterocycles. The molecule has 1 fully saturated rings. The van der Waals surface area contributed by atoms with Crippen molar-refractivity contribution in [2.75, 3.05) is 39.3 Å². The molecule has 0 aliphatic carbocycles. The number of carbonyl (C=O) groups excluding carboxylic acids is 1. The van der Waals surface area contributed by atoms with Crippen LogP contribution in [0.5, 0.6) is 5.75 Å². The largest absolute Gasteiger partial charge is 0.494 e. The topological polar surface area (TPSA) is 32.8 Å². The maximum Gasteiger partial charge on any atom is 0.222 e. The third-order valence-electron chi connectivity index (χ3n) is 4.65. The summed E-state index contributed by atoms with van der Waals surface area (Å²) in [6.07, 6.45) is 4.72. The van der Waals surface area contributed by atoms with Crippen LogP contribution >= 0.6 is 0 Å². The first-order valence-electron chi connectivity index (χ1n) is 10.4. The molecular weight excluding hydrogens is 324 g/mol. The highest BCUT2D eigenvalue weighted by atomic mass is 16.5. The van der Waals surface area contributed by atoms with Gasteiger partial charge in [-0.05, 0) is 49.9 Å². The van der Waals surface area contributed by atoms with Crippen molar-refractivity contribution in [3.8, 4) is 5.75 Å². The van der Waals surface area contributed by atoms with E-state index in [1.165, 1.54) is 12.0 Å². The van der Waals surface area contributed by atoms with Crippen molar-refractivity contribution in [1.29, 1.82) is 0 Å². The minimum Gasteiger partial charge on any atom is -0.494 e. The Morgan fingerprint density at radius 3 is 2.23 bits per heavy atom. The van der Waals surface area contributed by atoms with Gasteiger partial charge >= 0.3 is 0 Å². The van der Waals surface area contributed by atoms with E-state index in [2.05, 4.69) is 30.9 Å². The molecule has 4 heteroatoms. The van der Waals surface area contributed by atoms with E-state index in [4.69, 9.17) is 4.74 Å². The van der Waals surface area contributed by atoms with Gasteiger partial charge in [0.25, 0.3) is 0 Å². The Labute approximate surface area is 160 Å². The summed E-state index contributed by atoms with van der Waals surface area (Å²) >= 11 is 0. The number of carbonyl (C=O) groups is 1. The van der Waals surface area contributed by atoms with Crippen molar-refractivity contribution in [3.05, 3.63) is 29.8 Å². The van der Waals surface area contributed by atoms with Crippen molar-refractivity contribution < 1.29 is 9.53 Å². The molecule has 0 radical (unpaired) electrons. The molecule has 1 aliphatic heterocycles. The van der Waals surface area contributed by atoms with Gasteiger partial charge in [-0.2, -0.15) is 0 Å². The van der Waals surface area contributed by atoms with Crippen molar-refractivity contribution in [2.24, 2.45) is 0 Å². The fourth-order valence-corrected chi connectivity index (χ4v) is 3.08. The molecule has 4 nitrogen and oxygen atoms in total.